The van der Waals surface area contributed by atoms with E-state index in [0.717, 1.165) is 0 Å². The maximum absolute atomic E-state index is 11.4. The fourth-order valence-electron chi connectivity index (χ4n) is 1.50. The molecule has 1 aromatic rings. The minimum Gasteiger partial charge on any atom is -0.493 e. The topological polar surface area (TPSA) is 98.2 Å². The molecule has 2 amide bonds. The van der Waals surface area contributed by atoms with Crippen molar-refractivity contribution < 1.29 is 23.8 Å². The number of nitrogens with zero attached hydrogens (tertiary/aromatic N) is 1. The number of carbonyl (C=O) groups excluding carboxylic acids is 2. The van der Waals surface area contributed by atoms with Crippen LogP contribution in [-0.4, -0.2) is 52.5 Å². The highest BCUT2D eigenvalue weighted by atomic mass is 16.5. The van der Waals surface area contributed by atoms with Crippen LogP contribution in [0.2, 0.25) is 0 Å². The van der Waals surface area contributed by atoms with E-state index >= 15 is 0 Å². The number of hydrazone groups is 1. The van der Waals surface area contributed by atoms with Crippen molar-refractivity contribution in [2.45, 2.75) is 0 Å². The number of ether oxygens (including phenoxy) is 3. The Kier molecular flexibility index (Phi) is 7.41. The Hall–Kier alpha value is -2.61. The fraction of sp³-hybridized carbons (Fsp3) is 0.357. The van der Waals surface area contributed by atoms with E-state index < -0.39 is 11.8 Å². The Balaban J connectivity index is 2.55. The number of nitrogens with one attached hydrogen (secondary N) is 2. The van der Waals surface area contributed by atoms with Gasteiger partial charge >= 0.3 is 11.8 Å². The summed E-state index contributed by atoms with van der Waals surface area (Å²) in [5.74, 6) is -0.509. The highest BCUT2D eigenvalue weighted by Gasteiger charge is 2.11. The molecule has 120 valence electrons. The highest BCUT2D eigenvalue weighted by Crippen LogP contribution is 2.26. The van der Waals surface area contributed by atoms with Crippen LogP contribution in [0, 0.1) is 0 Å². The van der Waals surface area contributed by atoms with Gasteiger partial charge in [-0.1, -0.05) is 0 Å². The Morgan fingerprint density at radius 1 is 1.14 bits per heavy atom. The van der Waals surface area contributed by atoms with Gasteiger partial charge in [0.25, 0.3) is 0 Å². The van der Waals surface area contributed by atoms with Crippen LogP contribution in [0.5, 0.6) is 11.5 Å². The molecule has 0 bridgehead atoms. The normalized spacial score (nSPS) is 10.3. The van der Waals surface area contributed by atoms with Gasteiger partial charge in [0.1, 0.15) is 0 Å². The zero-order valence-corrected chi connectivity index (χ0v) is 12.7. The summed E-state index contributed by atoms with van der Waals surface area (Å²) in [4.78, 5) is 22.8. The van der Waals surface area contributed by atoms with Gasteiger partial charge in [-0.3, -0.25) is 9.59 Å². The molecule has 0 unspecified atom stereocenters. The van der Waals surface area contributed by atoms with Crippen LogP contribution in [-0.2, 0) is 14.3 Å². The van der Waals surface area contributed by atoms with E-state index in [0.29, 0.717) is 23.7 Å². The molecule has 2 N–H and O–H groups in total. The Bertz CT molecular complexity index is 545. The van der Waals surface area contributed by atoms with Crippen molar-refractivity contribution in [2.75, 3.05) is 34.5 Å². The maximum Gasteiger partial charge on any atom is 0.329 e. The summed E-state index contributed by atoms with van der Waals surface area (Å²) in [6, 6.07) is 5.13. The molecule has 0 aliphatic rings. The average molecular weight is 309 g/mol. The summed E-state index contributed by atoms with van der Waals surface area (Å²) >= 11 is 0. The number of hydrogen-bond donors (Lipinski definition) is 2. The third kappa shape index (κ3) is 5.41. The second kappa shape index (κ2) is 9.35. The summed E-state index contributed by atoms with van der Waals surface area (Å²) in [7, 11) is 4.55. The van der Waals surface area contributed by atoms with E-state index in [4.69, 9.17) is 14.2 Å². The second-order valence-electron chi connectivity index (χ2n) is 4.06. The Labute approximate surface area is 128 Å². The van der Waals surface area contributed by atoms with Gasteiger partial charge in [0, 0.05) is 13.7 Å². The zero-order valence-electron chi connectivity index (χ0n) is 12.7. The third-order valence-corrected chi connectivity index (χ3v) is 2.59. The molecule has 0 fully saturated rings. The number of amides is 2. The van der Waals surface area contributed by atoms with Crippen molar-refractivity contribution in [1.82, 2.24) is 10.7 Å². The molecule has 0 aromatic heterocycles. The molecule has 0 aliphatic carbocycles. The molecule has 0 radical (unpaired) electrons. The highest BCUT2D eigenvalue weighted by molar-refractivity contribution is 6.35. The molecule has 1 aromatic carbocycles. The average Bonchev–Trinajstić information content (AvgIpc) is 2.54. The number of rotatable bonds is 7. The van der Waals surface area contributed by atoms with Crippen molar-refractivity contribution >= 4 is 18.0 Å². The molecule has 0 saturated heterocycles. The minimum atomic E-state index is -0.854. The lowest BCUT2D eigenvalue weighted by molar-refractivity contribution is -0.139. The Morgan fingerprint density at radius 3 is 2.50 bits per heavy atom. The van der Waals surface area contributed by atoms with E-state index in [-0.39, 0.29) is 6.54 Å². The molecular weight excluding hydrogens is 290 g/mol. The van der Waals surface area contributed by atoms with Crippen molar-refractivity contribution in [3.63, 3.8) is 0 Å². The third-order valence-electron chi connectivity index (χ3n) is 2.59. The quantitative estimate of drug-likeness (QED) is 0.318. The van der Waals surface area contributed by atoms with Gasteiger partial charge < -0.3 is 19.5 Å². The van der Waals surface area contributed by atoms with Crippen molar-refractivity contribution in [2.24, 2.45) is 5.10 Å². The second-order valence-corrected chi connectivity index (χ2v) is 4.06. The predicted molar refractivity (Wildman–Crippen MR) is 80.2 cm³/mol. The first-order valence-electron chi connectivity index (χ1n) is 6.44. The molecule has 0 aliphatic heterocycles. The van der Waals surface area contributed by atoms with E-state index in [2.05, 4.69) is 15.8 Å². The molecule has 0 heterocycles. The molecule has 0 atom stereocenters. The van der Waals surface area contributed by atoms with E-state index in [1.54, 1.807) is 18.2 Å². The molecule has 0 saturated carbocycles. The number of hydrogen-bond acceptors (Lipinski definition) is 6. The van der Waals surface area contributed by atoms with Gasteiger partial charge in [-0.25, -0.2) is 5.43 Å². The first kappa shape index (κ1) is 17.4. The van der Waals surface area contributed by atoms with Gasteiger partial charge in [0.05, 0.1) is 27.0 Å². The molecule has 8 heteroatoms. The molecule has 0 spiro atoms. The van der Waals surface area contributed by atoms with E-state index in [1.807, 2.05) is 0 Å². The first-order valence-corrected chi connectivity index (χ1v) is 6.44. The number of methoxy groups -OCH3 is 3. The van der Waals surface area contributed by atoms with E-state index in [9.17, 15) is 9.59 Å². The number of benzene rings is 1. The molecule has 1 rings (SSSR count). The van der Waals surface area contributed by atoms with Crippen LogP contribution in [0.15, 0.2) is 23.3 Å². The van der Waals surface area contributed by atoms with Gasteiger partial charge in [-0.2, -0.15) is 5.10 Å². The molecule has 8 nitrogen and oxygen atoms in total. The number of carbonyl (C=O) groups is 2. The lowest BCUT2D eigenvalue weighted by atomic mass is 10.2. The summed E-state index contributed by atoms with van der Waals surface area (Å²) in [6.07, 6.45) is 1.39. The van der Waals surface area contributed by atoms with Crippen LogP contribution >= 0.6 is 0 Å². The summed E-state index contributed by atoms with van der Waals surface area (Å²) in [5.41, 5.74) is 2.81. The Morgan fingerprint density at radius 2 is 1.86 bits per heavy atom. The fourth-order valence-corrected chi connectivity index (χ4v) is 1.50. The SMILES string of the molecule is COCCNC(=O)C(=O)N/N=C\c1ccc(OC)c(OC)c1. The van der Waals surface area contributed by atoms with Crippen molar-refractivity contribution in [1.29, 1.82) is 0 Å². The van der Waals surface area contributed by atoms with Crippen LogP contribution in [0.4, 0.5) is 0 Å². The maximum atomic E-state index is 11.4. The van der Waals surface area contributed by atoms with Crippen LogP contribution in [0.25, 0.3) is 0 Å². The zero-order chi connectivity index (χ0) is 16.4. The van der Waals surface area contributed by atoms with Gasteiger partial charge in [0.2, 0.25) is 0 Å². The molecule has 22 heavy (non-hydrogen) atoms. The largest absolute Gasteiger partial charge is 0.493 e. The van der Waals surface area contributed by atoms with Crippen molar-refractivity contribution in [3.05, 3.63) is 23.8 Å². The monoisotopic (exact) mass is 309 g/mol. The minimum absolute atomic E-state index is 0.252. The first-order chi connectivity index (χ1) is 10.6. The van der Waals surface area contributed by atoms with Crippen LogP contribution in [0.3, 0.4) is 0 Å². The van der Waals surface area contributed by atoms with Crippen LogP contribution in [0.1, 0.15) is 5.56 Å². The smallest absolute Gasteiger partial charge is 0.329 e. The molecular formula is C14H19N3O5. The van der Waals surface area contributed by atoms with Gasteiger partial charge in [-0.15, -0.1) is 0 Å². The van der Waals surface area contributed by atoms with Gasteiger partial charge in [-0.05, 0) is 23.8 Å². The van der Waals surface area contributed by atoms with E-state index in [1.165, 1.54) is 27.5 Å². The lowest BCUT2D eigenvalue weighted by Gasteiger charge is -2.07. The van der Waals surface area contributed by atoms with Crippen LogP contribution < -0.4 is 20.2 Å². The predicted octanol–water partition coefficient (Wildman–Crippen LogP) is -0.0835. The standard InChI is InChI=1S/C14H19N3O5/c1-20-7-6-15-13(18)14(19)17-16-9-10-4-5-11(21-2)12(8-10)22-3/h4-5,8-9H,6-7H2,1-3H3,(H,15,18)(H,17,19)/b16-9-. The van der Waals surface area contributed by atoms with Crippen molar-refractivity contribution in [3.8, 4) is 11.5 Å². The summed E-state index contributed by atoms with van der Waals surface area (Å²) in [6.45, 7) is 0.579. The summed E-state index contributed by atoms with van der Waals surface area (Å²) < 4.78 is 15.0. The van der Waals surface area contributed by atoms with Gasteiger partial charge in [0.15, 0.2) is 11.5 Å². The lowest BCUT2D eigenvalue weighted by Crippen LogP contribution is -2.39. The summed E-state index contributed by atoms with van der Waals surface area (Å²) in [5, 5.41) is 6.09.